The van der Waals surface area contributed by atoms with Crippen molar-refractivity contribution in [3.63, 3.8) is 0 Å². The molecular formula is C13H12F2INS. The number of hydrogen-bond acceptors (Lipinski definition) is 2. The van der Waals surface area contributed by atoms with Gasteiger partial charge in [-0.1, -0.05) is 13.0 Å². The molecule has 1 nitrogen and oxygen atoms in total. The Morgan fingerprint density at radius 3 is 2.56 bits per heavy atom. The molecule has 0 saturated heterocycles. The van der Waals surface area contributed by atoms with E-state index < -0.39 is 11.6 Å². The van der Waals surface area contributed by atoms with Gasteiger partial charge in [0.2, 0.25) is 0 Å². The predicted molar refractivity (Wildman–Crippen MR) is 78.9 cm³/mol. The second-order valence-electron chi connectivity index (χ2n) is 3.85. The minimum absolute atomic E-state index is 0.0927. The van der Waals surface area contributed by atoms with Gasteiger partial charge in [0.1, 0.15) is 0 Å². The van der Waals surface area contributed by atoms with Crippen molar-refractivity contribution in [2.45, 2.75) is 13.0 Å². The predicted octanol–water partition coefficient (Wildman–Crippen LogP) is 4.33. The number of halogens is 3. The third-order valence-corrected chi connectivity index (χ3v) is 4.41. The van der Waals surface area contributed by atoms with E-state index in [-0.39, 0.29) is 6.04 Å². The van der Waals surface area contributed by atoms with Gasteiger partial charge in [0.25, 0.3) is 0 Å². The Hall–Kier alpha value is -0.530. The Morgan fingerprint density at radius 1 is 1.22 bits per heavy atom. The smallest absolute Gasteiger partial charge is 0.159 e. The average Bonchev–Trinajstić information content (AvgIpc) is 2.76. The summed E-state index contributed by atoms with van der Waals surface area (Å²) in [6.45, 7) is 2.75. The fraction of sp³-hybridized carbons (Fsp3) is 0.231. The van der Waals surface area contributed by atoms with E-state index in [1.807, 2.05) is 12.3 Å². The summed E-state index contributed by atoms with van der Waals surface area (Å²) in [5.74, 6) is -1.62. The third-order valence-electron chi connectivity index (χ3n) is 2.61. The third kappa shape index (κ3) is 3.07. The Morgan fingerprint density at radius 2 is 2.00 bits per heavy atom. The number of benzene rings is 1. The topological polar surface area (TPSA) is 12.0 Å². The highest BCUT2D eigenvalue weighted by Crippen LogP contribution is 2.28. The van der Waals surface area contributed by atoms with E-state index in [9.17, 15) is 8.78 Å². The zero-order chi connectivity index (χ0) is 13.1. The molecular weight excluding hydrogens is 367 g/mol. The van der Waals surface area contributed by atoms with Crippen LogP contribution >= 0.6 is 33.9 Å². The molecule has 1 atom stereocenters. The van der Waals surface area contributed by atoms with Crippen LogP contribution in [0.5, 0.6) is 0 Å². The zero-order valence-electron chi connectivity index (χ0n) is 9.71. The normalized spacial score (nSPS) is 12.7. The molecule has 2 rings (SSSR count). The van der Waals surface area contributed by atoms with Gasteiger partial charge in [-0.15, -0.1) is 11.3 Å². The van der Waals surface area contributed by atoms with Crippen molar-refractivity contribution < 1.29 is 8.78 Å². The molecule has 0 amide bonds. The minimum Gasteiger partial charge on any atom is -0.307 e. The van der Waals surface area contributed by atoms with Crippen LogP contribution in [-0.4, -0.2) is 6.54 Å². The molecule has 1 aromatic heterocycles. The number of hydrogen-bond donors (Lipinski definition) is 1. The van der Waals surface area contributed by atoms with Crippen molar-refractivity contribution in [1.29, 1.82) is 0 Å². The van der Waals surface area contributed by atoms with Crippen LogP contribution in [0.2, 0.25) is 0 Å². The fourth-order valence-electron chi connectivity index (χ4n) is 1.80. The molecule has 0 bridgehead atoms. The summed E-state index contributed by atoms with van der Waals surface area (Å²) in [5.41, 5.74) is 1.82. The molecule has 0 fully saturated rings. The second-order valence-corrected chi connectivity index (χ2v) is 6.65. The van der Waals surface area contributed by atoms with E-state index in [0.29, 0.717) is 0 Å². The Balaban J connectivity index is 2.37. The fourth-order valence-corrected chi connectivity index (χ4v) is 3.20. The molecule has 1 aromatic carbocycles. The summed E-state index contributed by atoms with van der Waals surface area (Å²) in [5, 5.41) is 5.33. The molecule has 18 heavy (non-hydrogen) atoms. The lowest BCUT2D eigenvalue weighted by Crippen LogP contribution is -2.21. The molecule has 0 aliphatic carbocycles. The van der Waals surface area contributed by atoms with E-state index in [1.165, 1.54) is 15.0 Å². The van der Waals surface area contributed by atoms with Crippen molar-refractivity contribution in [3.05, 3.63) is 55.3 Å². The van der Waals surface area contributed by atoms with E-state index >= 15 is 0 Å². The lowest BCUT2D eigenvalue weighted by molar-refractivity contribution is 0.504. The van der Waals surface area contributed by atoms with Crippen LogP contribution in [0.3, 0.4) is 0 Å². The summed E-state index contributed by atoms with van der Waals surface area (Å²) in [4.78, 5) is 0. The maximum atomic E-state index is 13.3. The van der Waals surface area contributed by atoms with Crippen LogP contribution < -0.4 is 5.32 Å². The first-order valence-electron chi connectivity index (χ1n) is 5.54. The molecule has 1 N–H and O–H groups in total. The SMILES string of the molecule is CCNC(c1csc(I)c1)c1ccc(F)c(F)c1. The van der Waals surface area contributed by atoms with Gasteiger partial charge in [0, 0.05) is 0 Å². The monoisotopic (exact) mass is 379 g/mol. The van der Waals surface area contributed by atoms with Gasteiger partial charge in [0.05, 0.1) is 8.93 Å². The highest BCUT2D eigenvalue weighted by atomic mass is 127. The van der Waals surface area contributed by atoms with Crippen molar-refractivity contribution in [2.24, 2.45) is 0 Å². The van der Waals surface area contributed by atoms with Crippen LogP contribution in [0.4, 0.5) is 8.78 Å². The van der Waals surface area contributed by atoms with Crippen molar-refractivity contribution in [2.75, 3.05) is 6.54 Å². The van der Waals surface area contributed by atoms with Gasteiger partial charge in [-0.3, -0.25) is 0 Å². The molecule has 0 aliphatic rings. The highest BCUT2D eigenvalue weighted by molar-refractivity contribution is 14.1. The standard InChI is InChI=1S/C13H12F2INS/c1-2-17-13(9-6-12(16)18-7-9)8-3-4-10(14)11(15)5-8/h3-7,13,17H,2H2,1H3. The molecule has 96 valence electrons. The molecule has 1 heterocycles. The van der Waals surface area contributed by atoms with Crippen LogP contribution in [-0.2, 0) is 0 Å². The summed E-state index contributed by atoms with van der Waals surface area (Å²) in [6.07, 6.45) is 0. The molecule has 5 heteroatoms. The summed E-state index contributed by atoms with van der Waals surface area (Å²) >= 11 is 3.89. The van der Waals surface area contributed by atoms with Gasteiger partial charge < -0.3 is 5.32 Å². The van der Waals surface area contributed by atoms with Crippen LogP contribution in [0.25, 0.3) is 0 Å². The lowest BCUT2D eigenvalue weighted by atomic mass is 10.0. The van der Waals surface area contributed by atoms with Crippen molar-refractivity contribution in [1.82, 2.24) is 5.32 Å². The average molecular weight is 379 g/mol. The first-order chi connectivity index (χ1) is 8.61. The summed E-state index contributed by atoms with van der Waals surface area (Å²) in [6, 6.07) is 6.01. The maximum Gasteiger partial charge on any atom is 0.159 e. The number of rotatable bonds is 4. The van der Waals surface area contributed by atoms with Gasteiger partial charge in [-0.25, -0.2) is 8.78 Å². The van der Waals surface area contributed by atoms with E-state index in [1.54, 1.807) is 17.4 Å². The summed E-state index contributed by atoms with van der Waals surface area (Å²) in [7, 11) is 0. The molecule has 0 saturated carbocycles. The van der Waals surface area contributed by atoms with Crippen LogP contribution in [0, 0.1) is 14.5 Å². The Kier molecular flexibility index (Phi) is 4.69. The van der Waals surface area contributed by atoms with Crippen LogP contribution in [0.1, 0.15) is 24.1 Å². The molecule has 1 unspecified atom stereocenters. The zero-order valence-corrected chi connectivity index (χ0v) is 12.7. The van der Waals surface area contributed by atoms with E-state index in [2.05, 4.69) is 34.0 Å². The molecule has 0 radical (unpaired) electrons. The Labute approximate surface area is 122 Å². The lowest BCUT2D eigenvalue weighted by Gasteiger charge is -2.17. The van der Waals surface area contributed by atoms with E-state index in [0.717, 1.165) is 17.7 Å². The van der Waals surface area contributed by atoms with Gasteiger partial charge in [0.15, 0.2) is 11.6 Å². The van der Waals surface area contributed by atoms with Crippen molar-refractivity contribution >= 4 is 33.9 Å². The first-order valence-corrected chi connectivity index (χ1v) is 7.50. The quantitative estimate of drug-likeness (QED) is 0.780. The second kappa shape index (κ2) is 6.08. The van der Waals surface area contributed by atoms with Crippen molar-refractivity contribution in [3.8, 4) is 0 Å². The minimum atomic E-state index is -0.811. The molecule has 0 spiro atoms. The van der Waals surface area contributed by atoms with E-state index in [4.69, 9.17) is 0 Å². The van der Waals surface area contributed by atoms with Gasteiger partial charge in [-0.05, 0) is 63.8 Å². The first kappa shape index (κ1) is 13.9. The Bertz CT molecular complexity index is 542. The van der Waals surface area contributed by atoms with Gasteiger partial charge >= 0.3 is 0 Å². The van der Waals surface area contributed by atoms with Crippen LogP contribution in [0.15, 0.2) is 29.6 Å². The number of nitrogens with one attached hydrogen (secondary N) is 1. The highest BCUT2D eigenvalue weighted by Gasteiger charge is 2.16. The number of thiophene rings is 1. The molecule has 0 aliphatic heterocycles. The molecule has 2 aromatic rings. The maximum absolute atomic E-state index is 13.3. The van der Waals surface area contributed by atoms with Gasteiger partial charge in [-0.2, -0.15) is 0 Å². The largest absolute Gasteiger partial charge is 0.307 e. The summed E-state index contributed by atoms with van der Waals surface area (Å²) < 4.78 is 27.4.